The molecule has 1 unspecified atom stereocenters. The minimum absolute atomic E-state index is 0. The van der Waals surface area contributed by atoms with Crippen LogP contribution in [0.3, 0.4) is 0 Å². The van der Waals surface area contributed by atoms with E-state index in [0.717, 1.165) is 0 Å². The molecular weight excluding hydrogens is 208 g/mol. The van der Waals surface area contributed by atoms with Crippen LogP contribution in [0.25, 0.3) is 0 Å². The molecule has 0 fully saturated rings. The number of hydrogen-bond donors (Lipinski definition) is 2. The van der Waals surface area contributed by atoms with Crippen LogP contribution in [-0.4, -0.2) is 28.8 Å². The summed E-state index contributed by atoms with van der Waals surface area (Å²) in [5.74, 6) is 0. The van der Waals surface area contributed by atoms with Crippen molar-refractivity contribution in [3.8, 4) is 0 Å². The summed E-state index contributed by atoms with van der Waals surface area (Å²) in [6, 6.07) is 0. The minimum atomic E-state index is -1.22. The Morgan fingerprint density at radius 1 is 1.57 bits per heavy atom. The highest BCUT2D eigenvalue weighted by molar-refractivity contribution is 5.85. The summed E-state index contributed by atoms with van der Waals surface area (Å²) in [6.07, 6.45) is 6.95. The Balaban J connectivity index is 0.00000169. The fourth-order valence-electron chi connectivity index (χ4n) is 1.21. The van der Waals surface area contributed by atoms with E-state index in [1.54, 1.807) is 18.2 Å². The molecule has 0 aromatic rings. The molecule has 14 heavy (non-hydrogen) atoms. The van der Waals surface area contributed by atoms with Crippen LogP contribution in [0.15, 0.2) is 24.3 Å². The average molecular weight is 221 g/mol. The average Bonchev–Trinajstić information content (AvgIpc) is 2.16. The van der Waals surface area contributed by atoms with E-state index in [1.807, 2.05) is 0 Å². The van der Waals surface area contributed by atoms with Gasteiger partial charge in [0.05, 0.1) is 13.0 Å². The zero-order valence-corrected chi connectivity index (χ0v) is 8.37. The normalized spacial score (nSPS) is 24.4. The van der Waals surface area contributed by atoms with Crippen molar-refractivity contribution >= 4 is 12.4 Å². The Bertz CT molecular complexity index is 255. The first-order valence-electron chi connectivity index (χ1n) is 4.06. The molecule has 1 aliphatic carbocycles. The molecule has 0 aliphatic heterocycles. The van der Waals surface area contributed by atoms with Crippen molar-refractivity contribution in [3.63, 3.8) is 0 Å². The van der Waals surface area contributed by atoms with Gasteiger partial charge in [0.1, 0.15) is 0 Å². The molecule has 0 saturated carbocycles. The lowest BCUT2D eigenvalue weighted by Crippen LogP contribution is -2.51. The zero-order valence-electron chi connectivity index (χ0n) is 7.55. The zero-order chi connectivity index (χ0) is 9.73. The topological polar surface area (TPSA) is 75.4 Å². The second-order valence-electron chi connectivity index (χ2n) is 2.82. The molecule has 80 valence electrons. The van der Waals surface area contributed by atoms with Gasteiger partial charge in [-0.2, -0.15) is 0 Å². The van der Waals surface area contributed by atoms with E-state index in [-0.39, 0.29) is 30.5 Å². The number of nitrogens with zero attached hydrogens (tertiary/aromatic N) is 1. The van der Waals surface area contributed by atoms with Gasteiger partial charge in [0, 0.05) is 17.5 Å². The first kappa shape index (κ1) is 13.1. The van der Waals surface area contributed by atoms with E-state index in [4.69, 9.17) is 5.11 Å². The number of rotatable bonds is 4. The molecule has 6 heteroatoms. The lowest BCUT2D eigenvalue weighted by Gasteiger charge is -2.22. The quantitative estimate of drug-likeness (QED) is 0.411. The SMILES string of the molecule is Cl.O=[N+]([O-])C1(NCCO)C=CC=CC1. The number of hydrogen-bond acceptors (Lipinski definition) is 4. The van der Waals surface area contributed by atoms with Crippen molar-refractivity contribution in [2.75, 3.05) is 13.2 Å². The monoisotopic (exact) mass is 220 g/mol. The molecule has 0 bridgehead atoms. The Hall–Kier alpha value is -0.910. The molecule has 0 heterocycles. The van der Waals surface area contributed by atoms with Gasteiger partial charge in [0.25, 0.3) is 5.66 Å². The van der Waals surface area contributed by atoms with Crippen molar-refractivity contribution in [1.82, 2.24) is 5.32 Å². The van der Waals surface area contributed by atoms with Crippen LogP contribution in [0.4, 0.5) is 0 Å². The van der Waals surface area contributed by atoms with Gasteiger partial charge in [-0.25, -0.2) is 5.32 Å². The minimum Gasteiger partial charge on any atom is -0.395 e. The molecule has 0 spiro atoms. The van der Waals surface area contributed by atoms with Crippen LogP contribution >= 0.6 is 12.4 Å². The third kappa shape index (κ3) is 2.80. The van der Waals surface area contributed by atoms with Crippen LogP contribution in [0.5, 0.6) is 0 Å². The molecule has 0 radical (unpaired) electrons. The van der Waals surface area contributed by atoms with Crippen molar-refractivity contribution < 1.29 is 10.0 Å². The molecule has 1 atom stereocenters. The number of nitro groups is 1. The van der Waals surface area contributed by atoms with Gasteiger partial charge < -0.3 is 5.11 Å². The highest BCUT2D eigenvalue weighted by atomic mass is 35.5. The molecule has 0 aromatic carbocycles. The van der Waals surface area contributed by atoms with E-state index in [2.05, 4.69) is 5.32 Å². The molecule has 0 aromatic heterocycles. The summed E-state index contributed by atoms with van der Waals surface area (Å²) in [5.41, 5.74) is -1.22. The highest BCUT2D eigenvalue weighted by Crippen LogP contribution is 2.17. The van der Waals surface area contributed by atoms with Gasteiger partial charge in [-0.3, -0.25) is 10.1 Å². The maximum absolute atomic E-state index is 10.8. The predicted octanol–water partition coefficient (Wildman–Crippen LogP) is 0.479. The number of halogens is 1. The standard InChI is InChI=1S/C8H12N2O3.ClH/c11-7-6-9-8(10(12)13)4-2-1-3-5-8;/h1-4,9,11H,5-7H2;1H. The summed E-state index contributed by atoms with van der Waals surface area (Å²) in [6.45, 7) is 0.117. The Labute approximate surface area is 88.1 Å². The van der Waals surface area contributed by atoms with Gasteiger partial charge in [-0.05, 0) is 0 Å². The van der Waals surface area contributed by atoms with Crippen LogP contribution in [0.2, 0.25) is 0 Å². The fraction of sp³-hybridized carbons (Fsp3) is 0.500. The van der Waals surface area contributed by atoms with E-state index in [9.17, 15) is 10.1 Å². The maximum Gasteiger partial charge on any atom is 0.297 e. The van der Waals surface area contributed by atoms with Crippen LogP contribution < -0.4 is 5.32 Å². The molecule has 0 amide bonds. The lowest BCUT2D eigenvalue weighted by molar-refractivity contribution is -0.562. The third-order valence-electron chi connectivity index (χ3n) is 1.92. The first-order chi connectivity index (χ1) is 6.21. The smallest absolute Gasteiger partial charge is 0.297 e. The largest absolute Gasteiger partial charge is 0.395 e. The van der Waals surface area contributed by atoms with Crippen molar-refractivity contribution in [1.29, 1.82) is 0 Å². The second kappa shape index (κ2) is 5.74. The van der Waals surface area contributed by atoms with Crippen LogP contribution in [0, 0.1) is 10.1 Å². The van der Waals surface area contributed by atoms with Gasteiger partial charge >= 0.3 is 0 Å². The summed E-state index contributed by atoms with van der Waals surface area (Å²) < 4.78 is 0. The summed E-state index contributed by atoms with van der Waals surface area (Å²) >= 11 is 0. The van der Waals surface area contributed by atoms with Gasteiger partial charge in [0.2, 0.25) is 0 Å². The fourth-order valence-corrected chi connectivity index (χ4v) is 1.21. The second-order valence-corrected chi connectivity index (χ2v) is 2.82. The van der Waals surface area contributed by atoms with Gasteiger partial charge in [-0.1, -0.05) is 18.2 Å². The summed E-state index contributed by atoms with van der Waals surface area (Å²) in [5, 5.41) is 22.0. The Morgan fingerprint density at radius 2 is 2.29 bits per heavy atom. The lowest BCUT2D eigenvalue weighted by atomic mass is 10.0. The maximum atomic E-state index is 10.8. The summed E-state index contributed by atoms with van der Waals surface area (Å²) in [7, 11) is 0. The number of aliphatic hydroxyl groups excluding tert-OH is 1. The molecule has 0 saturated heterocycles. The summed E-state index contributed by atoms with van der Waals surface area (Å²) in [4.78, 5) is 10.4. The van der Waals surface area contributed by atoms with Crippen molar-refractivity contribution in [2.24, 2.45) is 0 Å². The highest BCUT2D eigenvalue weighted by Gasteiger charge is 2.38. The van der Waals surface area contributed by atoms with Gasteiger partial charge in [0.15, 0.2) is 0 Å². The number of allylic oxidation sites excluding steroid dienone is 2. The molecule has 2 N–H and O–H groups in total. The molecule has 1 aliphatic rings. The third-order valence-corrected chi connectivity index (χ3v) is 1.92. The van der Waals surface area contributed by atoms with E-state index >= 15 is 0 Å². The van der Waals surface area contributed by atoms with Crippen LogP contribution in [0.1, 0.15) is 6.42 Å². The van der Waals surface area contributed by atoms with Crippen molar-refractivity contribution in [2.45, 2.75) is 12.1 Å². The number of aliphatic hydroxyl groups is 1. The number of nitrogens with one attached hydrogen (secondary N) is 1. The Morgan fingerprint density at radius 3 is 2.71 bits per heavy atom. The molecule has 5 nitrogen and oxygen atoms in total. The van der Waals surface area contributed by atoms with Gasteiger partial charge in [-0.15, -0.1) is 12.4 Å². The van der Waals surface area contributed by atoms with E-state index in [0.29, 0.717) is 6.42 Å². The van der Waals surface area contributed by atoms with E-state index in [1.165, 1.54) is 6.08 Å². The Kier molecular flexibility index (Phi) is 5.37. The van der Waals surface area contributed by atoms with E-state index < -0.39 is 5.66 Å². The molecule has 1 rings (SSSR count). The predicted molar refractivity (Wildman–Crippen MR) is 55.0 cm³/mol. The van der Waals surface area contributed by atoms with Crippen molar-refractivity contribution in [3.05, 3.63) is 34.4 Å². The first-order valence-corrected chi connectivity index (χ1v) is 4.06. The van der Waals surface area contributed by atoms with Crippen LogP contribution in [-0.2, 0) is 0 Å². The molecular formula is C8H13ClN2O3.